The van der Waals surface area contributed by atoms with Crippen molar-refractivity contribution in [2.75, 3.05) is 5.32 Å². The van der Waals surface area contributed by atoms with Crippen molar-refractivity contribution in [3.63, 3.8) is 0 Å². The van der Waals surface area contributed by atoms with Gasteiger partial charge in [-0.25, -0.2) is 9.37 Å². The normalized spacial score (nSPS) is 13.3. The zero-order chi connectivity index (χ0) is 16.5. The molecule has 3 aromatic rings. The molecule has 0 amide bonds. The van der Waals surface area contributed by atoms with Gasteiger partial charge in [0.05, 0.1) is 0 Å². The van der Waals surface area contributed by atoms with Gasteiger partial charge >= 0.3 is 0 Å². The number of rotatable bonds is 3. The van der Waals surface area contributed by atoms with Gasteiger partial charge in [0, 0.05) is 34.2 Å². The lowest BCUT2D eigenvalue weighted by molar-refractivity contribution is 0.729. The Balaban J connectivity index is 1.66. The first-order valence-corrected chi connectivity index (χ1v) is 8.11. The number of hydrogen-bond donors (Lipinski definition) is 2. The summed E-state index contributed by atoms with van der Waals surface area (Å²) in [5.74, 6) is 1.05. The van der Waals surface area contributed by atoms with E-state index < -0.39 is 0 Å². The van der Waals surface area contributed by atoms with E-state index in [1.165, 1.54) is 0 Å². The molecule has 1 aliphatic rings. The molecule has 0 bridgehead atoms. The highest BCUT2D eigenvalue weighted by molar-refractivity contribution is 7.80. The average molecular weight is 338 g/mol. The molecule has 0 saturated heterocycles. The van der Waals surface area contributed by atoms with Crippen LogP contribution in [0.5, 0.6) is 0 Å². The molecule has 120 valence electrons. The number of anilines is 2. The lowest BCUT2D eigenvalue weighted by atomic mass is 10.0. The van der Waals surface area contributed by atoms with Crippen LogP contribution in [0, 0.1) is 0 Å². The van der Waals surface area contributed by atoms with Crippen LogP contribution in [0.25, 0.3) is 11.6 Å². The first-order valence-electron chi connectivity index (χ1n) is 7.66. The molecule has 1 aliphatic carbocycles. The summed E-state index contributed by atoms with van der Waals surface area (Å²) in [6, 6.07) is 11.2. The highest BCUT2D eigenvalue weighted by Gasteiger charge is 2.18. The van der Waals surface area contributed by atoms with E-state index in [4.69, 9.17) is 0 Å². The second-order valence-corrected chi connectivity index (χ2v) is 6.06. The number of aromatic nitrogens is 3. The smallest absolute Gasteiger partial charge is 0.229 e. The predicted octanol–water partition coefficient (Wildman–Crippen LogP) is 4.56. The fraction of sp³-hybridized carbons (Fsp3) is 0.111. The van der Waals surface area contributed by atoms with Crippen molar-refractivity contribution in [3.8, 4) is 5.82 Å². The minimum absolute atomic E-state index is 0.158. The Morgan fingerprint density at radius 1 is 1.12 bits per heavy atom. The van der Waals surface area contributed by atoms with Gasteiger partial charge in [-0.15, -0.1) is 12.6 Å². The van der Waals surface area contributed by atoms with E-state index >= 15 is 0 Å². The first-order chi connectivity index (χ1) is 11.7. The van der Waals surface area contributed by atoms with E-state index in [1.807, 2.05) is 41.1 Å². The van der Waals surface area contributed by atoms with Crippen molar-refractivity contribution in [1.82, 2.24) is 14.5 Å². The molecular formula is C18H15FN4S. The van der Waals surface area contributed by atoms with Gasteiger partial charge in [0.25, 0.3) is 0 Å². The molecule has 0 radical (unpaired) electrons. The monoisotopic (exact) mass is 338 g/mol. The van der Waals surface area contributed by atoms with E-state index in [9.17, 15) is 4.39 Å². The minimum atomic E-state index is -0.158. The maximum Gasteiger partial charge on any atom is 0.229 e. The third kappa shape index (κ3) is 2.80. The van der Waals surface area contributed by atoms with Crippen molar-refractivity contribution in [2.45, 2.75) is 17.7 Å². The van der Waals surface area contributed by atoms with Crippen LogP contribution in [0.3, 0.4) is 0 Å². The summed E-state index contributed by atoms with van der Waals surface area (Å²) in [5, 5.41) is 3.17. The number of fused-ring (bicyclic) bond motifs is 1. The van der Waals surface area contributed by atoms with Gasteiger partial charge < -0.3 is 9.88 Å². The van der Waals surface area contributed by atoms with Gasteiger partial charge in [-0.05, 0) is 55.3 Å². The van der Waals surface area contributed by atoms with Gasteiger partial charge in [-0.3, -0.25) is 0 Å². The molecule has 0 spiro atoms. The Hall–Kier alpha value is -2.60. The van der Waals surface area contributed by atoms with Crippen LogP contribution < -0.4 is 5.32 Å². The highest BCUT2D eigenvalue weighted by atomic mass is 32.1. The second-order valence-electron chi connectivity index (χ2n) is 5.55. The van der Waals surface area contributed by atoms with Crippen LogP contribution >= 0.6 is 12.6 Å². The van der Waals surface area contributed by atoms with Crippen LogP contribution in [0.2, 0.25) is 0 Å². The molecule has 0 unspecified atom stereocenters. The molecule has 0 fully saturated rings. The first kappa shape index (κ1) is 15.0. The molecule has 6 heteroatoms. The standard InChI is InChI=1S/C18H15FN4S/c19-15-2-1-3-16-14(15)9-11-23(16)17-8-10-20-18(22-17)21-12-4-6-13(24)7-5-12/h2,4-11,24H,1,3H2,(H,20,21,22). The Bertz CT molecular complexity index is 915. The van der Waals surface area contributed by atoms with E-state index in [1.54, 1.807) is 18.3 Å². The molecule has 4 nitrogen and oxygen atoms in total. The Labute approximate surface area is 144 Å². The number of allylic oxidation sites excluding steroid dienone is 1. The van der Waals surface area contributed by atoms with Crippen molar-refractivity contribution < 1.29 is 4.39 Å². The molecular weight excluding hydrogens is 323 g/mol. The largest absolute Gasteiger partial charge is 0.324 e. The molecule has 2 aromatic heterocycles. The predicted molar refractivity (Wildman–Crippen MR) is 95.7 cm³/mol. The third-order valence-electron chi connectivity index (χ3n) is 3.97. The highest BCUT2D eigenvalue weighted by Crippen LogP contribution is 2.30. The fourth-order valence-electron chi connectivity index (χ4n) is 2.82. The van der Waals surface area contributed by atoms with Gasteiger partial charge in [0.1, 0.15) is 11.6 Å². The number of hydrogen-bond acceptors (Lipinski definition) is 4. The topological polar surface area (TPSA) is 42.7 Å². The van der Waals surface area contributed by atoms with Crippen LogP contribution in [0.4, 0.5) is 16.0 Å². The zero-order valence-corrected chi connectivity index (χ0v) is 13.7. The maximum atomic E-state index is 13.9. The van der Waals surface area contributed by atoms with Crippen LogP contribution in [-0.2, 0) is 6.42 Å². The summed E-state index contributed by atoms with van der Waals surface area (Å²) in [4.78, 5) is 9.69. The van der Waals surface area contributed by atoms with Gasteiger partial charge in [0.15, 0.2) is 0 Å². The average Bonchev–Trinajstić information content (AvgIpc) is 3.03. The summed E-state index contributed by atoms with van der Waals surface area (Å²) >= 11 is 4.27. The van der Waals surface area contributed by atoms with E-state index in [0.29, 0.717) is 23.8 Å². The number of nitrogens with one attached hydrogen (secondary N) is 1. The van der Waals surface area contributed by atoms with Crippen LogP contribution in [-0.4, -0.2) is 14.5 Å². The number of benzene rings is 1. The number of thiol groups is 1. The zero-order valence-electron chi connectivity index (χ0n) is 12.8. The van der Waals surface area contributed by atoms with E-state index in [2.05, 4.69) is 27.9 Å². The van der Waals surface area contributed by atoms with Crippen LogP contribution in [0.1, 0.15) is 17.7 Å². The van der Waals surface area contributed by atoms with Crippen molar-refractivity contribution >= 4 is 30.1 Å². The summed E-state index contributed by atoms with van der Waals surface area (Å²) in [6.07, 6.45) is 6.68. The quantitative estimate of drug-likeness (QED) is 0.688. The minimum Gasteiger partial charge on any atom is -0.324 e. The molecule has 0 atom stereocenters. The Morgan fingerprint density at radius 2 is 1.96 bits per heavy atom. The molecule has 0 saturated carbocycles. The summed E-state index contributed by atoms with van der Waals surface area (Å²) in [5.41, 5.74) is 2.48. The Morgan fingerprint density at radius 3 is 2.79 bits per heavy atom. The van der Waals surface area contributed by atoms with Gasteiger partial charge in [-0.1, -0.05) is 0 Å². The van der Waals surface area contributed by atoms with Crippen molar-refractivity contribution in [1.29, 1.82) is 0 Å². The van der Waals surface area contributed by atoms with Gasteiger partial charge in [-0.2, -0.15) is 4.98 Å². The summed E-state index contributed by atoms with van der Waals surface area (Å²) in [7, 11) is 0. The maximum absolute atomic E-state index is 13.9. The molecule has 1 N–H and O–H groups in total. The van der Waals surface area contributed by atoms with E-state index in [0.717, 1.165) is 22.7 Å². The summed E-state index contributed by atoms with van der Waals surface area (Å²) in [6.45, 7) is 0. The number of nitrogens with zero attached hydrogens (tertiary/aromatic N) is 3. The molecule has 24 heavy (non-hydrogen) atoms. The lowest BCUT2D eigenvalue weighted by Gasteiger charge is -2.13. The number of halogens is 1. The molecule has 0 aliphatic heterocycles. The van der Waals surface area contributed by atoms with Crippen molar-refractivity contribution in [3.05, 3.63) is 66.1 Å². The lowest BCUT2D eigenvalue weighted by Crippen LogP contribution is -2.07. The van der Waals surface area contributed by atoms with Gasteiger partial charge in [0.2, 0.25) is 5.95 Å². The van der Waals surface area contributed by atoms with E-state index in [-0.39, 0.29) is 5.83 Å². The molecule has 1 aromatic carbocycles. The van der Waals surface area contributed by atoms with Crippen LogP contribution in [0.15, 0.2) is 59.8 Å². The van der Waals surface area contributed by atoms with Crippen molar-refractivity contribution in [2.24, 2.45) is 0 Å². The molecule has 4 rings (SSSR count). The molecule has 2 heterocycles. The Kier molecular flexibility index (Phi) is 3.82. The second kappa shape index (κ2) is 6.13. The third-order valence-corrected chi connectivity index (χ3v) is 4.26. The summed E-state index contributed by atoms with van der Waals surface area (Å²) < 4.78 is 15.8. The SMILES string of the molecule is FC1=CCCc2c1ccn2-c1ccnc(Nc2ccc(S)cc2)n1. The fourth-order valence-corrected chi connectivity index (χ4v) is 2.96.